The molecule has 0 radical (unpaired) electrons. The van der Waals surface area contributed by atoms with Crippen LogP contribution in [0.4, 0.5) is 4.39 Å². The molecule has 6 nitrogen and oxygen atoms in total. The van der Waals surface area contributed by atoms with Gasteiger partial charge in [0.15, 0.2) is 5.65 Å². The molecule has 0 aliphatic carbocycles. The first-order valence-corrected chi connectivity index (χ1v) is 10.1. The van der Waals surface area contributed by atoms with Gasteiger partial charge in [0.25, 0.3) is 0 Å². The standard InChI is InChI=1S/C22H23FN4O2/c1-13-9-15(10-14(2)29-13)18-11-24-21(27-12-25-26-22(18)27)6-3-16-17-7-8-28-20(17)5-4-19(16)23/h4-5,9,11-14H,3,6-8,10H2,1-2H3. The molecule has 2 aliphatic heterocycles. The Morgan fingerprint density at radius 3 is 3.00 bits per heavy atom. The van der Waals surface area contributed by atoms with E-state index in [4.69, 9.17) is 14.5 Å². The lowest BCUT2D eigenvalue weighted by atomic mass is 9.97. The summed E-state index contributed by atoms with van der Waals surface area (Å²) in [6, 6.07) is 3.21. The van der Waals surface area contributed by atoms with E-state index in [0.717, 1.165) is 46.8 Å². The molecule has 2 aromatic heterocycles. The van der Waals surface area contributed by atoms with Crippen LogP contribution in [0.1, 0.15) is 42.8 Å². The van der Waals surface area contributed by atoms with Gasteiger partial charge in [-0.05, 0) is 50.0 Å². The summed E-state index contributed by atoms with van der Waals surface area (Å²) in [6.07, 6.45) is 8.60. The molecule has 2 atom stereocenters. The molecule has 29 heavy (non-hydrogen) atoms. The van der Waals surface area contributed by atoms with E-state index in [1.165, 1.54) is 11.6 Å². The van der Waals surface area contributed by atoms with Crippen molar-refractivity contribution in [3.8, 4) is 5.75 Å². The monoisotopic (exact) mass is 394 g/mol. The van der Waals surface area contributed by atoms with E-state index in [1.807, 2.05) is 17.5 Å². The van der Waals surface area contributed by atoms with E-state index in [9.17, 15) is 4.39 Å². The van der Waals surface area contributed by atoms with Gasteiger partial charge in [-0.3, -0.25) is 4.40 Å². The van der Waals surface area contributed by atoms with E-state index >= 15 is 0 Å². The number of fused-ring (bicyclic) bond motifs is 2. The third kappa shape index (κ3) is 3.29. The number of hydrogen-bond acceptors (Lipinski definition) is 5. The van der Waals surface area contributed by atoms with E-state index < -0.39 is 0 Å². The fourth-order valence-corrected chi connectivity index (χ4v) is 4.42. The van der Waals surface area contributed by atoms with Gasteiger partial charge in [0, 0.05) is 30.2 Å². The molecule has 0 bridgehead atoms. The Kier molecular flexibility index (Phi) is 4.54. The number of aryl methyl sites for hydroxylation is 1. The summed E-state index contributed by atoms with van der Waals surface area (Å²) in [7, 11) is 0. The van der Waals surface area contributed by atoms with E-state index in [1.54, 1.807) is 12.4 Å². The zero-order valence-electron chi connectivity index (χ0n) is 16.6. The smallest absolute Gasteiger partial charge is 0.171 e. The number of hydrogen-bond donors (Lipinski definition) is 0. The van der Waals surface area contributed by atoms with Gasteiger partial charge in [-0.25, -0.2) is 9.37 Å². The van der Waals surface area contributed by atoms with Crippen LogP contribution in [0, 0.1) is 5.82 Å². The van der Waals surface area contributed by atoms with Gasteiger partial charge in [0.05, 0.1) is 18.8 Å². The first kappa shape index (κ1) is 18.2. The molecule has 150 valence electrons. The highest BCUT2D eigenvalue weighted by molar-refractivity contribution is 5.76. The highest BCUT2D eigenvalue weighted by Gasteiger charge is 2.22. The first-order valence-electron chi connectivity index (χ1n) is 10.1. The lowest BCUT2D eigenvalue weighted by Gasteiger charge is -2.25. The molecule has 3 aromatic rings. The van der Waals surface area contributed by atoms with Crippen molar-refractivity contribution in [2.24, 2.45) is 0 Å². The van der Waals surface area contributed by atoms with Gasteiger partial charge in [0.1, 0.15) is 23.7 Å². The van der Waals surface area contributed by atoms with Crippen molar-refractivity contribution in [1.82, 2.24) is 19.6 Å². The minimum absolute atomic E-state index is 0.0572. The van der Waals surface area contributed by atoms with Crippen LogP contribution in [0.3, 0.4) is 0 Å². The molecule has 2 unspecified atom stereocenters. The maximum absolute atomic E-state index is 14.5. The van der Waals surface area contributed by atoms with Crippen molar-refractivity contribution in [2.45, 2.75) is 51.7 Å². The molecule has 4 heterocycles. The van der Waals surface area contributed by atoms with Crippen LogP contribution in [0.2, 0.25) is 0 Å². The third-order valence-corrected chi connectivity index (χ3v) is 5.68. The van der Waals surface area contributed by atoms with Gasteiger partial charge in [-0.1, -0.05) is 6.08 Å². The largest absolute Gasteiger partial charge is 0.493 e. The minimum Gasteiger partial charge on any atom is -0.493 e. The van der Waals surface area contributed by atoms with Gasteiger partial charge < -0.3 is 9.47 Å². The molecular formula is C22H23FN4O2. The maximum atomic E-state index is 14.5. The molecule has 7 heteroatoms. The lowest BCUT2D eigenvalue weighted by Crippen LogP contribution is -2.21. The SMILES string of the molecule is CC1C=C(c2cnc(CCc3c(F)ccc4c3CCO4)n3cnnc23)CC(C)O1. The Morgan fingerprint density at radius 2 is 2.14 bits per heavy atom. The summed E-state index contributed by atoms with van der Waals surface area (Å²) < 4.78 is 27.8. The van der Waals surface area contributed by atoms with Crippen LogP contribution in [0.15, 0.2) is 30.7 Å². The molecule has 0 saturated heterocycles. The summed E-state index contributed by atoms with van der Waals surface area (Å²) in [5, 5.41) is 8.44. The third-order valence-electron chi connectivity index (χ3n) is 5.68. The maximum Gasteiger partial charge on any atom is 0.171 e. The van der Waals surface area contributed by atoms with E-state index in [2.05, 4.69) is 23.2 Å². The Hall–Kier alpha value is -2.80. The average molecular weight is 394 g/mol. The van der Waals surface area contributed by atoms with Crippen LogP contribution in [-0.2, 0) is 24.0 Å². The lowest BCUT2D eigenvalue weighted by molar-refractivity contribution is 0.0304. The summed E-state index contributed by atoms with van der Waals surface area (Å²) in [5.74, 6) is 1.44. The summed E-state index contributed by atoms with van der Waals surface area (Å²) in [5.41, 5.74) is 4.65. The van der Waals surface area contributed by atoms with Crippen LogP contribution in [-0.4, -0.2) is 38.4 Å². The van der Waals surface area contributed by atoms with Crippen molar-refractivity contribution in [1.29, 1.82) is 0 Å². The predicted molar refractivity (Wildman–Crippen MR) is 106 cm³/mol. The van der Waals surface area contributed by atoms with Crippen molar-refractivity contribution >= 4 is 11.2 Å². The molecule has 5 rings (SSSR count). The number of halogens is 1. The zero-order chi connectivity index (χ0) is 20.0. The van der Waals surface area contributed by atoms with Crippen LogP contribution in [0.25, 0.3) is 11.2 Å². The first-order chi connectivity index (χ1) is 14.1. The van der Waals surface area contributed by atoms with Crippen LogP contribution in [0.5, 0.6) is 5.75 Å². The highest BCUT2D eigenvalue weighted by atomic mass is 19.1. The Balaban J connectivity index is 1.46. The second-order valence-corrected chi connectivity index (χ2v) is 7.76. The van der Waals surface area contributed by atoms with Gasteiger partial charge in [-0.15, -0.1) is 10.2 Å². The quantitative estimate of drug-likeness (QED) is 0.677. The molecule has 0 fully saturated rings. The molecule has 0 saturated carbocycles. The molecule has 1 aromatic carbocycles. The fraction of sp³-hybridized carbons (Fsp3) is 0.409. The van der Waals surface area contributed by atoms with Crippen molar-refractivity contribution in [2.75, 3.05) is 6.61 Å². The molecule has 0 N–H and O–H groups in total. The second kappa shape index (κ2) is 7.22. The minimum atomic E-state index is -0.179. The van der Waals surface area contributed by atoms with Crippen molar-refractivity contribution < 1.29 is 13.9 Å². The summed E-state index contributed by atoms with van der Waals surface area (Å²) in [6.45, 7) is 4.72. The van der Waals surface area contributed by atoms with Gasteiger partial charge in [-0.2, -0.15) is 0 Å². The van der Waals surface area contributed by atoms with Gasteiger partial charge in [0.2, 0.25) is 0 Å². The second-order valence-electron chi connectivity index (χ2n) is 7.76. The van der Waals surface area contributed by atoms with Crippen molar-refractivity contribution in [3.05, 3.63) is 59.1 Å². The molecule has 0 amide bonds. The number of nitrogens with zero attached hydrogens (tertiary/aromatic N) is 4. The number of aromatic nitrogens is 4. The number of ether oxygens (including phenoxy) is 2. The van der Waals surface area contributed by atoms with E-state index in [0.29, 0.717) is 19.4 Å². The van der Waals surface area contributed by atoms with E-state index in [-0.39, 0.29) is 18.0 Å². The van der Waals surface area contributed by atoms with Gasteiger partial charge >= 0.3 is 0 Å². The zero-order valence-corrected chi connectivity index (χ0v) is 16.6. The number of benzene rings is 1. The molecule has 0 spiro atoms. The Bertz CT molecular complexity index is 1110. The Labute approximate surface area is 168 Å². The number of rotatable bonds is 4. The fourth-order valence-electron chi connectivity index (χ4n) is 4.42. The van der Waals surface area contributed by atoms with Crippen LogP contribution < -0.4 is 4.74 Å². The predicted octanol–water partition coefficient (Wildman–Crippen LogP) is 3.56. The van der Waals surface area contributed by atoms with Crippen molar-refractivity contribution in [3.63, 3.8) is 0 Å². The molecule has 2 aliphatic rings. The highest BCUT2D eigenvalue weighted by Crippen LogP contribution is 2.32. The summed E-state index contributed by atoms with van der Waals surface area (Å²) >= 11 is 0. The molecular weight excluding hydrogens is 371 g/mol. The summed E-state index contributed by atoms with van der Waals surface area (Å²) in [4.78, 5) is 4.69. The average Bonchev–Trinajstić information content (AvgIpc) is 3.36. The normalized spacial score (nSPS) is 21.1. The Morgan fingerprint density at radius 1 is 1.24 bits per heavy atom. The van der Waals surface area contributed by atoms with Crippen LogP contribution >= 0.6 is 0 Å². The topological polar surface area (TPSA) is 61.5 Å².